The quantitative estimate of drug-likeness (QED) is 0.719. The average Bonchev–Trinajstić information content (AvgIpc) is 2.43. The molecule has 1 N–H and O–H groups in total. The third-order valence-electron chi connectivity index (χ3n) is 2.15. The number of hydrogen-bond donors (Lipinski definition) is 1. The standard InChI is InChI=1S/C10H18N2O2/c1-10(2,7-11)8-12-9-5-13-3-4-14-6-9/h9,12H,3-6,8H2,1-2H3. The zero-order valence-corrected chi connectivity index (χ0v) is 8.88. The minimum Gasteiger partial charge on any atom is -0.377 e. The first-order valence-corrected chi connectivity index (χ1v) is 4.94. The summed E-state index contributed by atoms with van der Waals surface area (Å²) in [6.45, 7) is 7.17. The van der Waals surface area contributed by atoms with Gasteiger partial charge < -0.3 is 14.8 Å². The highest BCUT2D eigenvalue weighted by molar-refractivity contribution is 4.94. The fraction of sp³-hybridized carbons (Fsp3) is 0.900. The van der Waals surface area contributed by atoms with E-state index < -0.39 is 0 Å². The second-order valence-electron chi connectivity index (χ2n) is 4.22. The molecule has 0 radical (unpaired) electrons. The molecule has 0 atom stereocenters. The van der Waals surface area contributed by atoms with E-state index in [1.165, 1.54) is 0 Å². The van der Waals surface area contributed by atoms with Crippen molar-refractivity contribution in [2.45, 2.75) is 19.9 Å². The molecule has 0 unspecified atom stereocenters. The van der Waals surface area contributed by atoms with Gasteiger partial charge in [0.15, 0.2) is 0 Å². The Balaban J connectivity index is 2.26. The maximum atomic E-state index is 8.83. The summed E-state index contributed by atoms with van der Waals surface area (Å²) in [6.07, 6.45) is 0. The summed E-state index contributed by atoms with van der Waals surface area (Å²) in [5.74, 6) is 0. The Bertz CT molecular complexity index is 203. The lowest BCUT2D eigenvalue weighted by molar-refractivity contribution is 0.103. The average molecular weight is 198 g/mol. The first-order valence-electron chi connectivity index (χ1n) is 4.94. The third-order valence-corrected chi connectivity index (χ3v) is 2.15. The zero-order chi connectivity index (χ0) is 10.4. The monoisotopic (exact) mass is 198 g/mol. The van der Waals surface area contributed by atoms with E-state index in [9.17, 15) is 0 Å². The van der Waals surface area contributed by atoms with Crippen LogP contribution in [0.3, 0.4) is 0 Å². The number of ether oxygens (including phenoxy) is 2. The van der Waals surface area contributed by atoms with Crippen LogP contribution in [0.2, 0.25) is 0 Å². The van der Waals surface area contributed by atoms with Gasteiger partial charge in [0.05, 0.1) is 44.0 Å². The lowest BCUT2D eigenvalue weighted by Crippen LogP contribution is -2.41. The molecule has 0 aliphatic carbocycles. The summed E-state index contributed by atoms with van der Waals surface area (Å²) in [5.41, 5.74) is -0.327. The van der Waals surface area contributed by atoms with E-state index in [2.05, 4.69) is 11.4 Å². The minimum atomic E-state index is -0.327. The molecule has 1 heterocycles. The van der Waals surface area contributed by atoms with Gasteiger partial charge in [0, 0.05) is 6.54 Å². The Morgan fingerprint density at radius 2 is 1.93 bits per heavy atom. The lowest BCUT2D eigenvalue weighted by Gasteiger charge is -2.21. The maximum Gasteiger partial charge on any atom is 0.0701 e. The van der Waals surface area contributed by atoms with Crippen LogP contribution in [0.15, 0.2) is 0 Å². The topological polar surface area (TPSA) is 54.3 Å². The second kappa shape index (κ2) is 5.30. The van der Waals surface area contributed by atoms with Crippen molar-refractivity contribution < 1.29 is 9.47 Å². The van der Waals surface area contributed by atoms with Crippen molar-refractivity contribution >= 4 is 0 Å². The van der Waals surface area contributed by atoms with E-state index in [4.69, 9.17) is 14.7 Å². The number of nitrogens with one attached hydrogen (secondary N) is 1. The SMILES string of the molecule is CC(C)(C#N)CNC1COCCOC1. The van der Waals surface area contributed by atoms with Gasteiger partial charge in [0.1, 0.15) is 0 Å². The predicted molar refractivity (Wildman–Crippen MR) is 52.8 cm³/mol. The number of rotatable bonds is 3. The Labute approximate surface area is 85.2 Å². The summed E-state index contributed by atoms with van der Waals surface area (Å²) in [6, 6.07) is 2.47. The Hall–Kier alpha value is -0.630. The van der Waals surface area contributed by atoms with Crippen molar-refractivity contribution in [3.8, 4) is 6.07 Å². The number of nitriles is 1. The van der Waals surface area contributed by atoms with Crippen molar-refractivity contribution in [3.05, 3.63) is 0 Å². The van der Waals surface area contributed by atoms with Crippen LogP contribution in [0.4, 0.5) is 0 Å². The molecule has 0 spiro atoms. The maximum absolute atomic E-state index is 8.83. The van der Waals surface area contributed by atoms with Crippen molar-refractivity contribution in [3.63, 3.8) is 0 Å². The van der Waals surface area contributed by atoms with Crippen LogP contribution >= 0.6 is 0 Å². The van der Waals surface area contributed by atoms with Crippen LogP contribution in [0.5, 0.6) is 0 Å². The smallest absolute Gasteiger partial charge is 0.0701 e. The van der Waals surface area contributed by atoms with E-state index >= 15 is 0 Å². The highest BCUT2D eigenvalue weighted by atomic mass is 16.5. The van der Waals surface area contributed by atoms with E-state index in [-0.39, 0.29) is 11.5 Å². The van der Waals surface area contributed by atoms with E-state index in [1.54, 1.807) is 0 Å². The summed E-state index contributed by atoms with van der Waals surface area (Å²) in [7, 11) is 0. The molecule has 4 nitrogen and oxygen atoms in total. The van der Waals surface area contributed by atoms with Crippen molar-refractivity contribution in [2.75, 3.05) is 33.0 Å². The van der Waals surface area contributed by atoms with Crippen LogP contribution in [0.25, 0.3) is 0 Å². The van der Waals surface area contributed by atoms with Gasteiger partial charge in [-0.2, -0.15) is 5.26 Å². The molecule has 1 rings (SSSR count). The van der Waals surface area contributed by atoms with Gasteiger partial charge in [-0.3, -0.25) is 0 Å². The fourth-order valence-electron chi connectivity index (χ4n) is 1.17. The molecule has 0 aromatic heterocycles. The Kier molecular flexibility index (Phi) is 4.33. The summed E-state index contributed by atoms with van der Waals surface area (Å²) >= 11 is 0. The molecule has 0 amide bonds. The molecule has 0 aromatic carbocycles. The Morgan fingerprint density at radius 1 is 1.36 bits per heavy atom. The van der Waals surface area contributed by atoms with Gasteiger partial charge in [-0.1, -0.05) is 0 Å². The minimum absolute atomic E-state index is 0.213. The molecule has 4 heteroatoms. The lowest BCUT2D eigenvalue weighted by atomic mass is 9.96. The van der Waals surface area contributed by atoms with Gasteiger partial charge in [0.25, 0.3) is 0 Å². The van der Waals surface area contributed by atoms with Crippen molar-refractivity contribution in [1.82, 2.24) is 5.32 Å². The third kappa shape index (κ3) is 4.05. The molecule has 0 aromatic rings. The Morgan fingerprint density at radius 3 is 2.43 bits per heavy atom. The molecule has 1 aliphatic rings. The molecule has 0 saturated carbocycles. The molecular formula is C10H18N2O2. The van der Waals surface area contributed by atoms with Gasteiger partial charge >= 0.3 is 0 Å². The van der Waals surface area contributed by atoms with Crippen molar-refractivity contribution in [1.29, 1.82) is 5.26 Å². The molecular weight excluding hydrogens is 180 g/mol. The summed E-state index contributed by atoms with van der Waals surface area (Å²) < 4.78 is 10.7. The highest BCUT2D eigenvalue weighted by Crippen LogP contribution is 2.11. The number of hydrogen-bond acceptors (Lipinski definition) is 4. The van der Waals surface area contributed by atoms with Crippen LogP contribution in [0, 0.1) is 16.7 Å². The van der Waals surface area contributed by atoms with Gasteiger partial charge in [0.2, 0.25) is 0 Å². The molecule has 14 heavy (non-hydrogen) atoms. The van der Waals surface area contributed by atoms with E-state index in [1.807, 2.05) is 13.8 Å². The summed E-state index contributed by atoms with van der Waals surface area (Å²) in [5, 5.41) is 12.1. The van der Waals surface area contributed by atoms with Crippen LogP contribution < -0.4 is 5.32 Å². The molecule has 1 saturated heterocycles. The van der Waals surface area contributed by atoms with Crippen LogP contribution in [-0.2, 0) is 9.47 Å². The van der Waals surface area contributed by atoms with E-state index in [0.717, 1.165) is 0 Å². The normalized spacial score (nSPS) is 20.1. The highest BCUT2D eigenvalue weighted by Gasteiger charge is 2.19. The predicted octanol–water partition coefficient (Wildman–Crippen LogP) is 0.541. The largest absolute Gasteiger partial charge is 0.377 e. The van der Waals surface area contributed by atoms with Crippen LogP contribution in [-0.4, -0.2) is 39.0 Å². The first-order chi connectivity index (χ1) is 6.64. The fourth-order valence-corrected chi connectivity index (χ4v) is 1.17. The second-order valence-corrected chi connectivity index (χ2v) is 4.22. The zero-order valence-electron chi connectivity index (χ0n) is 8.88. The summed E-state index contributed by atoms with van der Waals surface area (Å²) in [4.78, 5) is 0. The molecule has 1 fully saturated rings. The van der Waals surface area contributed by atoms with Gasteiger partial charge in [-0.25, -0.2) is 0 Å². The van der Waals surface area contributed by atoms with Crippen LogP contribution in [0.1, 0.15) is 13.8 Å². The molecule has 0 bridgehead atoms. The first kappa shape index (κ1) is 11.4. The number of nitrogens with zero attached hydrogens (tertiary/aromatic N) is 1. The van der Waals surface area contributed by atoms with Gasteiger partial charge in [-0.15, -0.1) is 0 Å². The molecule has 80 valence electrons. The van der Waals surface area contributed by atoms with Crippen molar-refractivity contribution in [2.24, 2.45) is 5.41 Å². The van der Waals surface area contributed by atoms with Gasteiger partial charge in [-0.05, 0) is 13.8 Å². The molecule has 1 aliphatic heterocycles. The van der Waals surface area contributed by atoms with E-state index in [0.29, 0.717) is 33.0 Å².